The van der Waals surface area contributed by atoms with Crippen LogP contribution in [0, 0.1) is 0 Å². The van der Waals surface area contributed by atoms with Crippen LogP contribution in [0.15, 0.2) is 48.5 Å². The average molecular weight is 431 g/mol. The van der Waals surface area contributed by atoms with Crippen LogP contribution in [0.2, 0.25) is 32.7 Å². The van der Waals surface area contributed by atoms with Crippen LogP contribution in [0.4, 0.5) is 0 Å². The molecule has 0 N–H and O–H groups in total. The zero-order chi connectivity index (χ0) is 21.1. The first-order valence-electron chi connectivity index (χ1n) is 10.5. The van der Waals surface area contributed by atoms with Gasteiger partial charge >= 0.3 is 8.56 Å². The van der Waals surface area contributed by atoms with Gasteiger partial charge in [-0.25, -0.2) is 0 Å². The summed E-state index contributed by atoms with van der Waals surface area (Å²) in [7, 11) is -5.83. The van der Waals surface area contributed by atoms with Crippen LogP contribution in [-0.4, -0.2) is 25.9 Å². The molecule has 0 atom stereocenters. The van der Waals surface area contributed by atoms with E-state index >= 15 is 0 Å². The highest BCUT2D eigenvalue weighted by atomic mass is 28.5. The first-order valence-corrected chi connectivity index (χ1v) is 18.3. The molecule has 0 aliphatic carbocycles. The molecule has 2 aromatic carbocycles. The molecule has 0 saturated carbocycles. The number of hydrogen-bond donors (Lipinski definition) is 0. The summed E-state index contributed by atoms with van der Waals surface area (Å²) >= 11 is 0. The molecule has 0 aliphatic rings. The minimum absolute atomic E-state index is 0.476. The summed E-state index contributed by atoms with van der Waals surface area (Å²) < 4.78 is 13.6. The molecule has 2 rings (SSSR count). The zero-order valence-corrected chi connectivity index (χ0v) is 22.3. The Bertz CT molecular complexity index is 728. The summed E-state index contributed by atoms with van der Waals surface area (Å²) in [5, 5.41) is 2.82. The van der Waals surface area contributed by atoms with Gasteiger partial charge in [0.25, 0.3) is 0 Å². The van der Waals surface area contributed by atoms with Gasteiger partial charge in [-0.3, -0.25) is 0 Å². The SMILES string of the molecule is CC(C)c1ccccc1[SiH](O[Si](C)(C)O[Si](C)(C)C)c1ccccc1C(C)C. The maximum Gasteiger partial charge on any atom is 0.311 e. The number of rotatable bonds is 8. The van der Waals surface area contributed by atoms with Gasteiger partial charge in [-0.2, -0.15) is 0 Å². The van der Waals surface area contributed by atoms with Gasteiger partial charge < -0.3 is 8.23 Å². The molecule has 0 spiro atoms. The van der Waals surface area contributed by atoms with Crippen molar-refractivity contribution in [1.82, 2.24) is 0 Å². The normalized spacial score (nSPS) is 13.0. The molecule has 0 unspecified atom stereocenters. The summed E-state index contributed by atoms with van der Waals surface area (Å²) in [4.78, 5) is 0. The molecule has 0 aromatic heterocycles. The standard InChI is InChI=1S/C23H38O2Si3/c1-18(2)20-14-10-12-16-22(20)26(24-28(8,9)25-27(5,6)7)23-17-13-11-15-21(23)19(3)4/h10-19,26H,1-9H3. The lowest BCUT2D eigenvalue weighted by Gasteiger charge is -2.36. The summed E-state index contributed by atoms with van der Waals surface area (Å²) in [6, 6.07) is 17.8. The van der Waals surface area contributed by atoms with Crippen LogP contribution in [0.1, 0.15) is 50.7 Å². The highest BCUT2D eigenvalue weighted by Gasteiger charge is 2.37. The Balaban J connectivity index is 2.61. The molecule has 0 saturated heterocycles. The molecule has 0 radical (unpaired) electrons. The maximum absolute atomic E-state index is 7.06. The second kappa shape index (κ2) is 9.22. The molecule has 2 aromatic rings. The topological polar surface area (TPSA) is 18.5 Å². The molecule has 0 bridgehead atoms. The van der Waals surface area contributed by atoms with Crippen molar-refractivity contribution in [2.45, 2.75) is 72.3 Å². The van der Waals surface area contributed by atoms with E-state index in [1.165, 1.54) is 21.5 Å². The second-order valence-corrected chi connectivity index (χ2v) is 20.5. The van der Waals surface area contributed by atoms with Crippen molar-refractivity contribution in [2.24, 2.45) is 0 Å². The van der Waals surface area contributed by atoms with Crippen molar-refractivity contribution in [3.63, 3.8) is 0 Å². The van der Waals surface area contributed by atoms with E-state index in [1.54, 1.807) is 0 Å². The summed E-state index contributed by atoms with van der Waals surface area (Å²) in [5.41, 5.74) is 2.83. The first kappa shape index (κ1) is 23.3. The van der Waals surface area contributed by atoms with E-state index in [0.717, 1.165) is 0 Å². The van der Waals surface area contributed by atoms with E-state index in [4.69, 9.17) is 8.23 Å². The number of benzene rings is 2. The third-order valence-electron chi connectivity index (χ3n) is 4.75. The zero-order valence-electron chi connectivity index (χ0n) is 19.2. The van der Waals surface area contributed by atoms with E-state index < -0.39 is 25.9 Å². The van der Waals surface area contributed by atoms with Crippen LogP contribution in [0.3, 0.4) is 0 Å². The van der Waals surface area contributed by atoms with Gasteiger partial charge in [0.15, 0.2) is 8.32 Å². The molecule has 0 aliphatic heterocycles. The smallest absolute Gasteiger partial charge is 0.311 e. The van der Waals surface area contributed by atoms with E-state index in [2.05, 4.69) is 109 Å². The van der Waals surface area contributed by atoms with E-state index in [-0.39, 0.29) is 0 Å². The lowest BCUT2D eigenvalue weighted by Crippen LogP contribution is -2.57. The van der Waals surface area contributed by atoms with Crippen molar-refractivity contribution in [3.05, 3.63) is 59.7 Å². The summed E-state index contributed by atoms with van der Waals surface area (Å²) in [6.45, 7) is 20.3. The number of hydrogen-bond acceptors (Lipinski definition) is 2. The third-order valence-corrected chi connectivity index (χ3v) is 14.6. The van der Waals surface area contributed by atoms with Crippen molar-refractivity contribution in [3.8, 4) is 0 Å². The highest BCUT2D eigenvalue weighted by Crippen LogP contribution is 2.21. The first-order chi connectivity index (χ1) is 12.9. The van der Waals surface area contributed by atoms with Crippen LogP contribution in [0.5, 0.6) is 0 Å². The Labute approximate surface area is 176 Å². The molecular formula is C23H38O2Si3. The Morgan fingerprint density at radius 3 is 1.43 bits per heavy atom. The molecule has 5 heteroatoms. The molecule has 0 fully saturated rings. The Kier molecular flexibility index (Phi) is 7.67. The van der Waals surface area contributed by atoms with Crippen LogP contribution >= 0.6 is 0 Å². The van der Waals surface area contributed by atoms with E-state index in [0.29, 0.717) is 11.8 Å². The molecule has 0 heterocycles. The van der Waals surface area contributed by atoms with Crippen LogP contribution < -0.4 is 10.4 Å². The molecular weight excluding hydrogens is 393 g/mol. The Morgan fingerprint density at radius 1 is 0.679 bits per heavy atom. The minimum atomic E-state index is -2.26. The molecule has 154 valence electrons. The Hall–Kier alpha value is -0.989. The van der Waals surface area contributed by atoms with Gasteiger partial charge in [-0.05, 0) is 66.1 Å². The molecule has 28 heavy (non-hydrogen) atoms. The fourth-order valence-electron chi connectivity index (χ4n) is 3.89. The average Bonchev–Trinajstić information content (AvgIpc) is 2.57. The second-order valence-electron chi connectivity index (χ2n) is 9.68. The third kappa shape index (κ3) is 6.26. The van der Waals surface area contributed by atoms with E-state index in [1.807, 2.05) is 0 Å². The van der Waals surface area contributed by atoms with Gasteiger partial charge in [-0.1, -0.05) is 76.2 Å². The van der Waals surface area contributed by atoms with Crippen molar-refractivity contribution in [1.29, 1.82) is 0 Å². The predicted molar refractivity (Wildman–Crippen MR) is 130 cm³/mol. The Morgan fingerprint density at radius 2 is 1.07 bits per heavy atom. The summed E-state index contributed by atoms with van der Waals surface area (Å²) in [6.07, 6.45) is 0. The van der Waals surface area contributed by atoms with Crippen LogP contribution in [-0.2, 0) is 8.23 Å². The predicted octanol–water partition coefficient (Wildman–Crippen LogP) is 5.34. The maximum atomic E-state index is 7.06. The van der Waals surface area contributed by atoms with Crippen molar-refractivity contribution in [2.75, 3.05) is 0 Å². The van der Waals surface area contributed by atoms with E-state index in [9.17, 15) is 0 Å². The fraction of sp³-hybridized carbons (Fsp3) is 0.478. The molecule has 0 amide bonds. The summed E-state index contributed by atoms with van der Waals surface area (Å²) in [5.74, 6) is 0.951. The van der Waals surface area contributed by atoms with Gasteiger partial charge in [0.1, 0.15) is 0 Å². The van der Waals surface area contributed by atoms with Crippen molar-refractivity contribution >= 4 is 36.3 Å². The lowest BCUT2D eigenvalue weighted by atomic mass is 10.0. The largest absolute Gasteiger partial charge is 0.437 e. The van der Waals surface area contributed by atoms with Crippen molar-refractivity contribution < 1.29 is 8.23 Å². The lowest BCUT2D eigenvalue weighted by molar-refractivity contribution is 0.408. The highest BCUT2D eigenvalue weighted by molar-refractivity contribution is 6.90. The fourth-order valence-corrected chi connectivity index (χ4v) is 16.1. The van der Waals surface area contributed by atoms with Gasteiger partial charge in [0.05, 0.1) is 0 Å². The quantitative estimate of drug-likeness (QED) is 0.526. The monoisotopic (exact) mass is 430 g/mol. The van der Waals surface area contributed by atoms with Gasteiger partial charge in [0, 0.05) is 0 Å². The van der Waals surface area contributed by atoms with Gasteiger partial charge in [0.2, 0.25) is 9.04 Å². The molecule has 2 nitrogen and oxygen atoms in total. The van der Waals surface area contributed by atoms with Crippen LogP contribution in [0.25, 0.3) is 0 Å². The van der Waals surface area contributed by atoms with Gasteiger partial charge in [-0.15, -0.1) is 0 Å². The minimum Gasteiger partial charge on any atom is -0.437 e.